The van der Waals surface area contributed by atoms with Gasteiger partial charge in [-0.15, -0.1) is 0 Å². The molecule has 8 heteroatoms. The van der Waals surface area contributed by atoms with Gasteiger partial charge in [-0.25, -0.2) is 5.48 Å². The lowest BCUT2D eigenvalue weighted by Crippen LogP contribution is -2.29. The molecule has 5 rings (SSSR count). The first kappa shape index (κ1) is 25.5. The van der Waals surface area contributed by atoms with Gasteiger partial charge in [0, 0.05) is 62.1 Å². The van der Waals surface area contributed by atoms with Crippen LogP contribution in [0.4, 0.5) is 0 Å². The van der Waals surface area contributed by atoms with E-state index in [9.17, 15) is 9.59 Å². The van der Waals surface area contributed by atoms with Crippen molar-refractivity contribution in [1.82, 2.24) is 25.2 Å². The molecule has 0 saturated heterocycles. The molecule has 1 aliphatic rings. The van der Waals surface area contributed by atoms with Crippen LogP contribution in [0, 0.1) is 0 Å². The SMILES string of the molecule is CN(C)C(=O)c1ccc(CN(CCc2c[nH]c3ccccc23)C2CCc3cc(/C=C/C(=O)NO)ccc32)[nH]1. The van der Waals surface area contributed by atoms with Crippen molar-refractivity contribution >= 4 is 28.8 Å². The molecule has 0 aliphatic heterocycles. The van der Waals surface area contributed by atoms with Gasteiger partial charge in [0.05, 0.1) is 0 Å². The summed E-state index contributed by atoms with van der Waals surface area (Å²) in [5.41, 5.74) is 9.16. The highest BCUT2D eigenvalue weighted by Crippen LogP contribution is 2.37. The summed E-state index contributed by atoms with van der Waals surface area (Å²) < 4.78 is 0. The maximum atomic E-state index is 12.4. The molecule has 2 aromatic carbocycles. The molecule has 0 spiro atoms. The number of para-hydroxylation sites is 1. The van der Waals surface area contributed by atoms with Crippen molar-refractivity contribution in [3.63, 3.8) is 0 Å². The Balaban J connectivity index is 1.40. The molecular formula is C30H33N5O3. The summed E-state index contributed by atoms with van der Waals surface area (Å²) in [5, 5.41) is 9.99. The van der Waals surface area contributed by atoms with Crippen molar-refractivity contribution in [3.8, 4) is 0 Å². The molecule has 0 radical (unpaired) electrons. The van der Waals surface area contributed by atoms with E-state index in [1.54, 1.807) is 30.6 Å². The Kier molecular flexibility index (Phi) is 7.44. The largest absolute Gasteiger partial charge is 0.361 e. The molecular weight excluding hydrogens is 478 g/mol. The zero-order valence-corrected chi connectivity index (χ0v) is 21.7. The number of hydrogen-bond donors (Lipinski definition) is 4. The normalized spacial score (nSPS) is 14.9. The quantitative estimate of drug-likeness (QED) is 0.151. The first-order chi connectivity index (χ1) is 18.4. The monoisotopic (exact) mass is 511 g/mol. The molecule has 2 aromatic heterocycles. The number of aromatic amines is 2. The number of nitrogens with zero attached hydrogens (tertiary/aromatic N) is 2. The fourth-order valence-corrected chi connectivity index (χ4v) is 5.37. The van der Waals surface area contributed by atoms with Crippen LogP contribution in [0.1, 0.15) is 50.9 Å². The van der Waals surface area contributed by atoms with E-state index >= 15 is 0 Å². The van der Waals surface area contributed by atoms with Crippen molar-refractivity contribution < 1.29 is 14.8 Å². The fraction of sp³-hybridized carbons (Fsp3) is 0.267. The summed E-state index contributed by atoms with van der Waals surface area (Å²) in [5.74, 6) is -0.590. The average Bonchev–Trinajstić information content (AvgIpc) is 3.67. The van der Waals surface area contributed by atoms with E-state index in [1.807, 2.05) is 24.3 Å². The number of H-pyrrole nitrogens is 2. The van der Waals surface area contributed by atoms with E-state index < -0.39 is 5.91 Å². The molecule has 2 heterocycles. The Labute approximate surface area is 221 Å². The first-order valence-electron chi connectivity index (χ1n) is 12.9. The molecule has 4 aromatic rings. The molecule has 1 aliphatic carbocycles. The van der Waals surface area contributed by atoms with Crippen molar-refractivity contribution in [2.24, 2.45) is 0 Å². The molecule has 8 nitrogen and oxygen atoms in total. The summed E-state index contributed by atoms with van der Waals surface area (Å²) in [6, 6.07) is 18.8. The molecule has 1 atom stereocenters. The molecule has 38 heavy (non-hydrogen) atoms. The molecule has 2 amide bonds. The zero-order valence-electron chi connectivity index (χ0n) is 21.7. The number of benzene rings is 2. The summed E-state index contributed by atoms with van der Waals surface area (Å²) in [4.78, 5) is 34.6. The highest BCUT2D eigenvalue weighted by atomic mass is 16.5. The van der Waals surface area contributed by atoms with E-state index in [-0.39, 0.29) is 11.9 Å². The summed E-state index contributed by atoms with van der Waals surface area (Å²) >= 11 is 0. The third-order valence-electron chi connectivity index (χ3n) is 7.29. The van der Waals surface area contributed by atoms with E-state index in [0.29, 0.717) is 12.2 Å². The maximum absolute atomic E-state index is 12.4. The topological polar surface area (TPSA) is 104 Å². The summed E-state index contributed by atoms with van der Waals surface area (Å²) in [6.07, 6.45) is 7.98. The van der Waals surface area contributed by atoms with Crippen LogP contribution in [-0.4, -0.2) is 57.4 Å². The van der Waals surface area contributed by atoms with Crippen LogP contribution >= 0.6 is 0 Å². The number of carbonyl (C=O) groups excluding carboxylic acids is 2. The van der Waals surface area contributed by atoms with Crippen molar-refractivity contribution in [2.75, 3.05) is 20.6 Å². The lowest BCUT2D eigenvalue weighted by molar-refractivity contribution is -0.124. The van der Waals surface area contributed by atoms with Crippen molar-refractivity contribution in [2.45, 2.75) is 31.8 Å². The number of aryl methyl sites for hydroxylation is 1. The number of nitrogens with one attached hydrogen (secondary N) is 3. The van der Waals surface area contributed by atoms with Crippen molar-refractivity contribution in [1.29, 1.82) is 0 Å². The Hall–Kier alpha value is -4.14. The van der Waals surface area contributed by atoms with Gasteiger partial charge in [-0.3, -0.25) is 19.7 Å². The maximum Gasteiger partial charge on any atom is 0.269 e. The lowest BCUT2D eigenvalue weighted by Gasteiger charge is -2.29. The van der Waals surface area contributed by atoms with Gasteiger partial charge in [0.1, 0.15) is 5.69 Å². The Morgan fingerprint density at radius 3 is 2.79 bits per heavy atom. The zero-order chi connectivity index (χ0) is 26.6. The average molecular weight is 512 g/mol. The third kappa shape index (κ3) is 5.41. The number of rotatable bonds is 9. The number of fused-ring (bicyclic) bond motifs is 2. The Bertz CT molecular complexity index is 1480. The van der Waals surface area contributed by atoms with Crippen molar-refractivity contribution in [3.05, 3.63) is 101 Å². The molecule has 4 N–H and O–H groups in total. The Morgan fingerprint density at radius 2 is 1.97 bits per heavy atom. The van der Waals surface area contributed by atoms with E-state index in [0.717, 1.165) is 42.6 Å². The minimum Gasteiger partial charge on any atom is -0.361 e. The van der Waals surface area contributed by atoms with Crippen LogP contribution in [0.3, 0.4) is 0 Å². The smallest absolute Gasteiger partial charge is 0.269 e. The number of hydrogen-bond acceptors (Lipinski definition) is 4. The molecule has 0 bridgehead atoms. The second-order valence-electron chi connectivity index (χ2n) is 10.00. The highest BCUT2D eigenvalue weighted by molar-refractivity contribution is 5.92. The summed E-state index contributed by atoms with van der Waals surface area (Å²) in [6.45, 7) is 1.56. The van der Waals surface area contributed by atoms with Gasteiger partial charge in [0.2, 0.25) is 0 Å². The molecule has 0 fully saturated rings. The van der Waals surface area contributed by atoms with E-state index in [4.69, 9.17) is 5.21 Å². The van der Waals surface area contributed by atoms with Crippen LogP contribution in [0.25, 0.3) is 17.0 Å². The van der Waals surface area contributed by atoms with Gasteiger partial charge in [0.15, 0.2) is 0 Å². The van der Waals surface area contributed by atoms with Crippen LogP contribution < -0.4 is 5.48 Å². The van der Waals surface area contributed by atoms with E-state index in [2.05, 4.69) is 51.4 Å². The van der Waals surface area contributed by atoms with Gasteiger partial charge in [0.25, 0.3) is 11.8 Å². The fourth-order valence-electron chi connectivity index (χ4n) is 5.37. The number of hydroxylamine groups is 1. The summed E-state index contributed by atoms with van der Waals surface area (Å²) in [7, 11) is 3.51. The molecule has 1 unspecified atom stereocenters. The predicted octanol–water partition coefficient (Wildman–Crippen LogP) is 4.45. The van der Waals surface area contributed by atoms with Crippen LogP contribution in [0.5, 0.6) is 0 Å². The number of aromatic nitrogens is 2. The van der Waals surface area contributed by atoms with Crippen LogP contribution in [0.15, 0.2) is 66.9 Å². The molecule has 196 valence electrons. The number of amides is 2. The second kappa shape index (κ2) is 11.1. The third-order valence-corrected chi connectivity index (χ3v) is 7.29. The number of carbonyl (C=O) groups is 2. The van der Waals surface area contributed by atoms with Gasteiger partial charge in [-0.1, -0.05) is 36.4 Å². The minimum absolute atomic E-state index is 0.0386. The van der Waals surface area contributed by atoms with Crippen LogP contribution in [-0.2, 0) is 24.2 Å². The van der Waals surface area contributed by atoms with Gasteiger partial charge in [-0.05, 0) is 65.8 Å². The van der Waals surface area contributed by atoms with Gasteiger partial charge in [-0.2, -0.15) is 0 Å². The highest BCUT2D eigenvalue weighted by Gasteiger charge is 2.28. The molecule has 0 saturated carbocycles. The minimum atomic E-state index is -0.551. The predicted molar refractivity (Wildman–Crippen MR) is 148 cm³/mol. The van der Waals surface area contributed by atoms with Gasteiger partial charge < -0.3 is 14.9 Å². The van der Waals surface area contributed by atoms with E-state index in [1.165, 1.54) is 28.2 Å². The standard InChI is InChI=1S/C30H33N5O3/c1-34(2)30(37)27-12-10-23(32-27)19-35(16-15-22-18-31-26-6-4-3-5-24(22)26)28-13-9-21-17-20(7-11-25(21)28)8-14-29(36)33-38/h3-8,10-12,14,17-18,28,31-32,38H,9,13,15-16,19H2,1-2H3,(H,33,36)/b14-8+. The van der Waals surface area contributed by atoms with Gasteiger partial charge >= 0.3 is 0 Å². The Morgan fingerprint density at radius 1 is 1.13 bits per heavy atom. The van der Waals surface area contributed by atoms with Crippen LogP contribution in [0.2, 0.25) is 0 Å². The first-order valence-corrected chi connectivity index (χ1v) is 12.9. The second-order valence-corrected chi connectivity index (χ2v) is 10.00. The lowest BCUT2D eigenvalue weighted by atomic mass is 10.0.